The van der Waals surface area contributed by atoms with Gasteiger partial charge in [-0.05, 0) is 0 Å². The van der Waals surface area contributed by atoms with Crippen LogP contribution >= 0.6 is 0 Å². The van der Waals surface area contributed by atoms with E-state index in [1.54, 1.807) is 0 Å². The Hall–Kier alpha value is -0.350. The monoisotopic (exact) mass is 119 g/mol. The van der Waals surface area contributed by atoms with Crippen LogP contribution in [0.5, 0.6) is 0 Å². The van der Waals surface area contributed by atoms with Crippen LogP contribution in [0.1, 0.15) is 0 Å². The van der Waals surface area contributed by atoms with Crippen LogP contribution in [0.2, 0.25) is 0 Å². The molecule has 0 atom stereocenters. The molecule has 0 heterocycles. The normalized spacial score (nSPS) is 12.9. The summed E-state index contributed by atoms with van der Waals surface area (Å²) in [5.41, 5.74) is 0. The van der Waals surface area contributed by atoms with Gasteiger partial charge < -0.3 is 0 Å². The molecule has 0 aromatic rings. The number of alkyl halides is 3. The Balaban J connectivity index is 3.54. The van der Waals surface area contributed by atoms with Crippen molar-refractivity contribution in [2.45, 2.75) is 6.18 Å². The third kappa shape index (κ3) is 2.36. The van der Waals surface area contributed by atoms with E-state index < -0.39 is 12.6 Å². The topological polar surface area (TPSA) is 0 Å². The zero-order valence-electron chi connectivity index (χ0n) is 2.89. The largest absolute Gasteiger partial charge is 0.460 e. The molecule has 0 saturated carbocycles. The van der Waals surface area contributed by atoms with E-state index in [0.29, 0.717) is 0 Å². The van der Waals surface area contributed by atoms with Crippen molar-refractivity contribution >= 4 is 0 Å². The molecule has 0 aliphatic heterocycles. The minimum Gasteiger partial charge on any atom is -0.189 e. The molecular formula is C2F5. The third-order valence-electron chi connectivity index (χ3n) is 0.214. The van der Waals surface area contributed by atoms with E-state index in [0.717, 1.165) is 0 Å². The number of halogens is 5. The van der Waals surface area contributed by atoms with Crippen LogP contribution in [0, 0.1) is 6.43 Å². The lowest BCUT2D eigenvalue weighted by atomic mass is 10.7. The van der Waals surface area contributed by atoms with Crippen molar-refractivity contribution in [1.29, 1.82) is 0 Å². The smallest absolute Gasteiger partial charge is 0.189 e. The second-order valence-corrected chi connectivity index (χ2v) is 0.758. The summed E-state index contributed by atoms with van der Waals surface area (Å²) in [6, 6.07) is 0. The standard InChI is InChI=1S/C2F5/c3-1(4)2(5,6)7. The molecule has 0 N–H and O–H groups in total. The van der Waals surface area contributed by atoms with Crippen LogP contribution in [0.15, 0.2) is 0 Å². The lowest BCUT2D eigenvalue weighted by Crippen LogP contribution is -2.11. The summed E-state index contributed by atoms with van der Waals surface area (Å²) in [6.45, 7) is 0. The van der Waals surface area contributed by atoms with Crippen LogP contribution in [-0.2, 0) is 0 Å². The maximum Gasteiger partial charge on any atom is 0.460 e. The van der Waals surface area contributed by atoms with Crippen molar-refractivity contribution in [2.75, 3.05) is 0 Å². The van der Waals surface area contributed by atoms with Crippen molar-refractivity contribution in [3.8, 4) is 0 Å². The number of rotatable bonds is 0. The van der Waals surface area contributed by atoms with Gasteiger partial charge in [-0.2, -0.15) is 22.0 Å². The van der Waals surface area contributed by atoms with Crippen molar-refractivity contribution in [2.24, 2.45) is 0 Å². The van der Waals surface area contributed by atoms with Crippen molar-refractivity contribution in [3.63, 3.8) is 0 Å². The van der Waals surface area contributed by atoms with E-state index in [1.807, 2.05) is 0 Å². The lowest BCUT2D eigenvalue weighted by molar-refractivity contribution is -0.165. The highest BCUT2D eigenvalue weighted by molar-refractivity contribution is 4.69. The fourth-order valence-corrected chi connectivity index (χ4v) is 0. The Bertz CT molecular complexity index is 51.6. The molecule has 0 amide bonds. The molecule has 0 rings (SSSR count). The highest BCUT2D eigenvalue weighted by Gasteiger charge is 2.43. The molecule has 1 radical (unpaired) electrons. The second-order valence-electron chi connectivity index (χ2n) is 0.758. The summed E-state index contributed by atoms with van der Waals surface area (Å²) >= 11 is 0. The van der Waals surface area contributed by atoms with E-state index in [4.69, 9.17) is 0 Å². The maximum absolute atomic E-state index is 10.4. The minimum atomic E-state index is -5.42. The highest BCUT2D eigenvalue weighted by Crippen LogP contribution is 2.29. The summed E-state index contributed by atoms with van der Waals surface area (Å²) in [5.74, 6) is 0. The molecule has 0 aromatic carbocycles. The SMILES string of the molecule is F[C](F)C(F)(F)F. The van der Waals surface area contributed by atoms with Gasteiger partial charge in [-0.3, -0.25) is 0 Å². The molecule has 0 aromatic heterocycles. The molecule has 0 fully saturated rings. The third-order valence-corrected chi connectivity index (χ3v) is 0.214. The van der Waals surface area contributed by atoms with Crippen LogP contribution < -0.4 is 0 Å². The van der Waals surface area contributed by atoms with Crippen LogP contribution in [0.3, 0.4) is 0 Å². The van der Waals surface area contributed by atoms with Gasteiger partial charge in [0.05, 0.1) is 0 Å². The Labute approximate surface area is 35.9 Å². The van der Waals surface area contributed by atoms with Gasteiger partial charge in [-0.15, -0.1) is 0 Å². The summed E-state index contributed by atoms with van der Waals surface area (Å²) < 4.78 is 51.8. The van der Waals surface area contributed by atoms with E-state index in [1.165, 1.54) is 0 Å². The molecule has 43 valence electrons. The molecule has 5 heteroatoms. The second kappa shape index (κ2) is 1.63. The fraction of sp³-hybridized carbons (Fsp3) is 0.500. The maximum atomic E-state index is 10.4. The molecular weight excluding hydrogens is 119 g/mol. The first-order valence-corrected chi connectivity index (χ1v) is 1.19. The number of hydrogen-bond donors (Lipinski definition) is 0. The first-order chi connectivity index (χ1) is 2.94. The predicted octanol–water partition coefficient (Wildman–Crippen LogP) is 1.98. The Morgan fingerprint density at radius 1 is 1.00 bits per heavy atom. The zero-order valence-corrected chi connectivity index (χ0v) is 2.89. The highest BCUT2D eigenvalue weighted by atomic mass is 19.4. The minimum absolute atomic E-state index is 3.51. The van der Waals surface area contributed by atoms with Crippen LogP contribution in [-0.4, -0.2) is 6.18 Å². The molecule has 0 saturated heterocycles. The zero-order chi connectivity index (χ0) is 6.08. The van der Waals surface area contributed by atoms with Gasteiger partial charge >= 0.3 is 12.6 Å². The molecule has 0 unspecified atom stereocenters. The van der Waals surface area contributed by atoms with E-state index in [-0.39, 0.29) is 0 Å². The van der Waals surface area contributed by atoms with Crippen molar-refractivity contribution in [3.05, 3.63) is 6.43 Å². The first-order valence-electron chi connectivity index (χ1n) is 1.19. The molecule has 0 spiro atoms. The van der Waals surface area contributed by atoms with Gasteiger partial charge in [0.25, 0.3) is 0 Å². The molecule has 7 heavy (non-hydrogen) atoms. The first kappa shape index (κ1) is 6.65. The van der Waals surface area contributed by atoms with Crippen LogP contribution in [0.25, 0.3) is 0 Å². The fourth-order valence-electron chi connectivity index (χ4n) is 0. The lowest BCUT2D eigenvalue weighted by Gasteiger charge is -1.98. The Morgan fingerprint density at radius 3 is 1.14 bits per heavy atom. The molecule has 0 bridgehead atoms. The molecule has 0 aliphatic rings. The van der Waals surface area contributed by atoms with E-state index in [2.05, 4.69) is 0 Å². The predicted molar refractivity (Wildman–Crippen MR) is 11.5 cm³/mol. The van der Waals surface area contributed by atoms with Gasteiger partial charge in [0, 0.05) is 0 Å². The summed E-state index contributed by atoms with van der Waals surface area (Å²) in [4.78, 5) is 0. The summed E-state index contributed by atoms with van der Waals surface area (Å²) in [5, 5.41) is 0. The number of hydrogen-bond acceptors (Lipinski definition) is 0. The average molecular weight is 119 g/mol. The molecule has 0 aliphatic carbocycles. The van der Waals surface area contributed by atoms with Crippen molar-refractivity contribution in [1.82, 2.24) is 0 Å². The Kier molecular flexibility index (Phi) is 1.55. The van der Waals surface area contributed by atoms with Gasteiger partial charge in [-0.25, -0.2) is 0 Å². The summed E-state index contributed by atoms with van der Waals surface area (Å²) in [6.07, 6.45) is -8.92. The van der Waals surface area contributed by atoms with E-state index >= 15 is 0 Å². The average Bonchev–Trinajstić information content (AvgIpc) is 1.31. The van der Waals surface area contributed by atoms with Gasteiger partial charge in [0.2, 0.25) is 0 Å². The van der Waals surface area contributed by atoms with Crippen molar-refractivity contribution < 1.29 is 22.0 Å². The quantitative estimate of drug-likeness (QED) is 0.427. The van der Waals surface area contributed by atoms with Gasteiger partial charge in [0.15, 0.2) is 0 Å². The van der Waals surface area contributed by atoms with Crippen LogP contribution in [0.4, 0.5) is 22.0 Å². The summed E-state index contributed by atoms with van der Waals surface area (Å²) in [7, 11) is 0. The Morgan fingerprint density at radius 2 is 1.14 bits per heavy atom. The van der Waals surface area contributed by atoms with Gasteiger partial charge in [-0.1, -0.05) is 0 Å². The van der Waals surface area contributed by atoms with E-state index in [9.17, 15) is 22.0 Å². The molecule has 0 nitrogen and oxygen atoms in total. The van der Waals surface area contributed by atoms with Gasteiger partial charge in [0.1, 0.15) is 0 Å².